The van der Waals surface area contributed by atoms with Crippen molar-refractivity contribution in [2.45, 2.75) is 51.8 Å². The number of fused-ring (bicyclic) bond motifs is 1. The van der Waals surface area contributed by atoms with Crippen LogP contribution in [0.25, 0.3) is 0 Å². The number of nitrogens with one attached hydrogen (secondary N) is 2. The van der Waals surface area contributed by atoms with Gasteiger partial charge < -0.3 is 15.4 Å². The molecule has 2 heterocycles. The van der Waals surface area contributed by atoms with Crippen LogP contribution in [0.1, 0.15) is 33.6 Å². The fourth-order valence-electron chi connectivity index (χ4n) is 3.41. The van der Waals surface area contributed by atoms with E-state index in [1.807, 2.05) is 27.8 Å². The molecule has 2 aliphatic rings. The minimum absolute atomic E-state index is 0.0582. The fourth-order valence-corrected chi connectivity index (χ4v) is 3.41. The van der Waals surface area contributed by atoms with Crippen molar-refractivity contribution < 1.29 is 14.3 Å². The van der Waals surface area contributed by atoms with Crippen molar-refractivity contribution in [1.82, 2.24) is 15.5 Å². The second kappa shape index (κ2) is 7.42. The van der Waals surface area contributed by atoms with E-state index in [0.717, 1.165) is 19.4 Å². The lowest BCUT2D eigenvalue weighted by Crippen LogP contribution is -2.51. The van der Waals surface area contributed by atoms with Crippen LogP contribution in [0.5, 0.6) is 0 Å². The molecule has 0 aromatic heterocycles. The molecule has 0 spiro atoms. The van der Waals surface area contributed by atoms with Crippen LogP contribution in [0.4, 0.5) is 0 Å². The van der Waals surface area contributed by atoms with E-state index >= 15 is 0 Å². The van der Waals surface area contributed by atoms with Gasteiger partial charge in [-0.2, -0.15) is 0 Å². The summed E-state index contributed by atoms with van der Waals surface area (Å²) >= 11 is 0. The maximum absolute atomic E-state index is 12.7. The molecule has 2 saturated heterocycles. The number of rotatable bonds is 1. The molecule has 4 atom stereocenters. The largest absolute Gasteiger partial charge is 0.459 e. The molecule has 0 aromatic rings. The standard InChI is InChI=1S/C16H29N3O3/c1-10(2)13-16(21)22-14-11(3)9-18-12(14)15(20)17-7-5-6-8-19(13)4/h10-14,18H,5-9H2,1-4H3,(H,17,20). The van der Waals surface area contributed by atoms with E-state index in [-0.39, 0.29) is 35.9 Å². The molecule has 0 saturated carbocycles. The summed E-state index contributed by atoms with van der Waals surface area (Å²) in [5.41, 5.74) is 0. The quantitative estimate of drug-likeness (QED) is 0.685. The van der Waals surface area contributed by atoms with Crippen LogP contribution in [0.2, 0.25) is 0 Å². The third-order valence-corrected chi connectivity index (χ3v) is 4.67. The summed E-state index contributed by atoms with van der Waals surface area (Å²) < 4.78 is 5.77. The van der Waals surface area contributed by atoms with Gasteiger partial charge in [-0.1, -0.05) is 20.8 Å². The minimum atomic E-state index is -0.434. The number of carbonyl (C=O) groups excluding carboxylic acids is 2. The summed E-state index contributed by atoms with van der Waals surface area (Å²) in [6, 6.07) is -0.688. The molecule has 0 radical (unpaired) electrons. The van der Waals surface area contributed by atoms with Gasteiger partial charge in [-0.05, 0) is 32.4 Å². The summed E-state index contributed by atoms with van der Waals surface area (Å²) in [7, 11) is 1.98. The second-order valence-electron chi connectivity index (χ2n) is 6.93. The Bertz CT molecular complexity index is 413. The normalized spacial score (nSPS) is 35.3. The van der Waals surface area contributed by atoms with E-state index < -0.39 is 6.04 Å². The number of ether oxygens (including phenoxy) is 1. The van der Waals surface area contributed by atoms with Crippen LogP contribution in [-0.4, -0.2) is 61.6 Å². The number of hydrogen-bond donors (Lipinski definition) is 2. The molecule has 2 aliphatic heterocycles. The Kier molecular flexibility index (Phi) is 5.81. The number of esters is 1. The maximum atomic E-state index is 12.7. The van der Waals surface area contributed by atoms with Crippen LogP contribution in [-0.2, 0) is 14.3 Å². The Balaban J connectivity index is 2.19. The molecule has 2 rings (SSSR count). The van der Waals surface area contributed by atoms with Gasteiger partial charge in [-0.25, -0.2) is 0 Å². The molecule has 6 heteroatoms. The molecule has 22 heavy (non-hydrogen) atoms. The van der Waals surface area contributed by atoms with Gasteiger partial charge in [0, 0.05) is 19.0 Å². The van der Waals surface area contributed by atoms with E-state index in [0.29, 0.717) is 13.1 Å². The zero-order valence-electron chi connectivity index (χ0n) is 14.1. The Morgan fingerprint density at radius 3 is 2.68 bits per heavy atom. The average molecular weight is 311 g/mol. The Morgan fingerprint density at radius 2 is 2.00 bits per heavy atom. The van der Waals surface area contributed by atoms with Crippen LogP contribution in [0.3, 0.4) is 0 Å². The molecule has 1 amide bonds. The Morgan fingerprint density at radius 1 is 1.27 bits per heavy atom. The van der Waals surface area contributed by atoms with Gasteiger partial charge in [0.1, 0.15) is 18.2 Å². The van der Waals surface area contributed by atoms with Crippen LogP contribution < -0.4 is 10.6 Å². The molecule has 6 nitrogen and oxygen atoms in total. The van der Waals surface area contributed by atoms with Crippen molar-refractivity contribution in [1.29, 1.82) is 0 Å². The van der Waals surface area contributed by atoms with Crippen molar-refractivity contribution in [3.05, 3.63) is 0 Å². The van der Waals surface area contributed by atoms with Gasteiger partial charge in [0.05, 0.1) is 0 Å². The molecule has 126 valence electrons. The van der Waals surface area contributed by atoms with Gasteiger partial charge in [-0.3, -0.25) is 14.5 Å². The number of nitrogens with zero attached hydrogens (tertiary/aromatic N) is 1. The molecule has 2 fully saturated rings. The number of hydrogen-bond acceptors (Lipinski definition) is 5. The third kappa shape index (κ3) is 3.79. The van der Waals surface area contributed by atoms with Crippen molar-refractivity contribution in [2.24, 2.45) is 11.8 Å². The zero-order valence-corrected chi connectivity index (χ0v) is 14.1. The first-order valence-electron chi connectivity index (χ1n) is 8.33. The highest BCUT2D eigenvalue weighted by Crippen LogP contribution is 2.22. The second-order valence-corrected chi connectivity index (χ2v) is 6.93. The van der Waals surface area contributed by atoms with Crippen LogP contribution >= 0.6 is 0 Å². The predicted octanol–water partition coefficient (Wildman–Crippen LogP) is 0.373. The van der Waals surface area contributed by atoms with Gasteiger partial charge in [-0.15, -0.1) is 0 Å². The van der Waals surface area contributed by atoms with Crippen molar-refractivity contribution in [2.75, 3.05) is 26.7 Å². The predicted molar refractivity (Wildman–Crippen MR) is 84.3 cm³/mol. The molecule has 0 aliphatic carbocycles. The Hall–Kier alpha value is -1.14. The molecular weight excluding hydrogens is 282 g/mol. The SMILES string of the molecule is CC(C)C1C(=O)OC2C(C)CNC2C(=O)NCCCCN1C. The first kappa shape index (κ1) is 17.2. The van der Waals surface area contributed by atoms with Gasteiger partial charge in [0.15, 0.2) is 0 Å². The molecular formula is C16H29N3O3. The molecule has 0 aromatic carbocycles. The number of likely N-dealkylation sites (N-methyl/N-ethyl adjacent to an activating group) is 1. The number of amides is 1. The lowest BCUT2D eigenvalue weighted by molar-refractivity contribution is -0.160. The van der Waals surface area contributed by atoms with E-state index in [1.165, 1.54) is 0 Å². The summed E-state index contributed by atoms with van der Waals surface area (Å²) in [6.07, 6.45) is 1.48. The van der Waals surface area contributed by atoms with Crippen molar-refractivity contribution in [3.63, 3.8) is 0 Å². The fraction of sp³-hybridized carbons (Fsp3) is 0.875. The van der Waals surface area contributed by atoms with Crippen molar-refractivity contribution >= 4 is 11.9 Å². The first-order valence-corrected chi connectivity index (χ1v) is 8.33. The highest BCUT2D eigenvalue weighted by Gasteiger charge is 2.42. The zero-order chi connectivity index (χ0) is 16.3. The van der Waals surface area contributed by atoms with Gasteiger partial charge in [0.2, 0.25) is 5.91 Å². The highest BCUT2D eigenvalue weighted by molar-refractivity contribution is 5.84. The molecule has 0 bridgehead atoms. The van der Waals surface area contributed by atoms with Crippen LogP contribution in [0, 0.1) is 11.8 Å². The summed E-state index contributed by atoms with van der Waals surface area (Å²) in [4.78, 5) is 27.0. The summed E-state index contributed by atoms with van der Waals surface area (Å²) in [5.74, 6) is 0.0479. The van der Waals surface area contributed by atoms with E-state index in [4.69, 9.17) is 4.74 Å². The molecule has 4 unspecified atom stereocenters. The highest BCUT2D eigenvalue weighted by atomic mass is 16.5. The maximum Gasteiger partial charge on any atom is 0.323 e. The summed E-state index contributed by atoms with van der Waals surface area (Å²) in [5, 5.41) is 6.13. The van der Waals surface area contributed by atoms with Gasteiger partial charge >= 0.3 is 5.97 Å². The topological polar surface area (TPSA) is 70.7 Å². The first-order chi connectivity index (χ1) is 10.4. The lowest BCUT2D eigenvalue weighted by atomic mass is 10.00. The van der Waals surface area contributed by atoms with Crippen LogP contribution in [0.15, 0.2) is 0 Å². The lowest BCUT2D eigenvalue weighted by Gasteiger charge is -2.32. The number of carbonyl (C=O) groups is 2. The smallest absolute Gasteiger partial charge is 0.323 e. The van der Waals surface area contributed by atoms with E-state index in [9.17, 15) is 9.59 Å². The van der Waals surface area contributed by atoms with Gasteiger partial charge in [0.25, 0.3) is 0 Å². The Labute approximate surface area is 132 Å². The summed E-state index contributed by atoms with van der Waals surface area (Å²) in [6.45, 7) is 8.28. The van der Waals surface area contributed by atoms with E-state index in [2.05, 4.69) is 15.5 Å². The minimum Gasteiger partial charge on any atom is -0.459 e. The molecule has 2 N–H and O–H groups in total. The average Bonchev–Trinajstić information content (AvgIpc) is 2.78. The monoisotopic (exact) mass is 311 g/mol. The third-order valence-electron chi connectivity index (χ3n) is 4.67. The van der Waals surface area contributed by atoms with Crippen molar-refractivity contribution in [3.8, 4) is 0 Å². The van der Waals surface area contributed by atoms with E-state index in [1.54, 1.807) is 0 Å².